The standard InChI is InChI=1S/C8H3Cl4N3O2S2/c9-4-1-3(7(12)18-4)19(16,17)15-8-5(10)6(11)13-2-14-8/h1-2H,(H,13,14,15). The van der Waals surface area contributed by atoms with E-state index in [1.807, 2.05) is 0 Å². The molecular formula is C8H3Cl4N3O2S2. The van der Waals surface area contributed by atoms with Gasteiger partial charge in [0.25, 0.3) is 10.0 Å². The van der Waals surface area contributed by atoms with E-state index >= 15 is 0 Å². The van der Waals surface area contributed by atoms with E-state index in [0.717, 1.165) is 17.7 Å². The Kier molecular flexibility index (Phi) is 4.44. The molecule has 11 heteroatoms. The Morgan fingerprint density at radius 3 is 2.42 bits per heavy atom. The molecule has 0 aliphatic carbocycles. The summed E-state index contributed by atoms with van der Waals surface area (Å²) < 4.78 is 26.6. The van der Waals surface area contributed by atoms with Gasteiger partial charge in [-0.2, -0.15) is 0 Å². The summed E-state index contributed by atoms with van der Waals surface area (Å²) in [5.74, 6) is -0.139. The van der Waals surface area contributed by atoms with Crippen LogP contribution >= 0.6 is 57.7 Å². The molecule has 0 aliphatic heterocycles. The van der Waals surface area contributed by atoms with Crippen molar-refractivity contribution in [1.82, 2.24) is 9.97 Å². The number of nitrogens with one attached hydrogen (secondary N) is 1. The molecule has 0 saturated carbocycles. The number of halogens is 4. The lowest BCUT2D eigenvalue weighted by molar-refractivity contribution is 0.601. The van der Waals surface area contributed by atoms with E-state index in [-0.39, 0.29) is 29.6 Å². The van der Waals surface area contributed by atoms with Gasteiger partial charge in [-0.15, -0.1) is 11.3 Å². The number of nitrogens with zero attached hydrogens (tertiary/aromatic N) is 2. The SMILES string of the molecule is O=S(=O)(Nc1ncnc(Cl)c1Cl)c1cc(Cl)sc1Cl. The van der Waals surface area contributed by atoms with E-state index in [2.05, 4.69) is 14.7 Å². The highest BCUT2D eigenvalue weighted by atomic mass is 35.5. The van der Waals surface area contributed by atoms with Gasteiger partial charge in [0, 0.05) is 0 Å². The maximum absolute atomic E-state index is 12.1. The molecule has 2 rings (SSSR count). The minimum Gasteiger partial charge on any atom is -0.262 e. The van der Waals surface area contributed by atoms with Crippen molar-refractivity contribution in [3.05, 3.63) is 31.2 Å². The molecule has 0 fully saturated rings. The maximum Gasteiger partial charge on any atom is 0.265 e. The number of aromatic nitrogens is 2. The quantitative estimate of drug-likeness (QED) is 0.820. The minimum atomic E-state index is -3.95. The maximum atomic E-state index is 12.1. The van der Waals surface area contributed by atoms with Crippen molar-refractivity contribution < 1.29 is 8.42 Å². The first-order valence-electron chi connectivity index (χ1n) is 4.45. The van der Waals surface area contributed by atoms with E-state index in [1.54, 1.807) is 0 Å². The van der Waals surface area contributed by atoms with Gasteiger partial charge in [0.15, 0.2) is 11.0 Å². The van der Waals surface area contributed by atoms with Crippen LogP contribution < -0.4 is 4.72 Å². The average Bonchev–Trinajstić information content (AvgIpc) is 2.65. The first-order valence-corrected chi connectivity index (χ1v) is 8.26. The summed E-state index contributed by atoms with van der Waals surface area (Å²) in [4.78, 5) is 7.14. The van der Waals surface area contributed by atoms with Gasteiger partial charge in [-0.25, -0.2) is 18.4 Å². The average molecular weight is 379 g/mol. The second-order valence-corrected chi connectivity index (χ2v) is 7.79. The molecule has 0 atom stereocenters. The van der Waals surface area contributed by atoms with E-state index in [4.69, 9.17) is 46.4 Å². The van der Waals surface area contributed by atoms with Gasteiger partial charge in [-0.3, -0.25) is 4.72 Å². The molecule has 0 bridgehead atoms. The van der Waals surface area contributed by atoms with Crippen LogP contribution in [-0.4, -0.2) is 18.4 Å². The topological polar surface area (TPSA) is 72.0 Å². The van der Waals surface area contributed by atoms with Crippen molar-refractivity contribution in [2.45, 2.75) is 4.90 Å². The zero-order chi connectivity index (χ0) is 14.2. The van der Waals surface area contributed by atoms with E-state index in [9.17, 15) is 8.42 Å². The summed E-state index contributed by atoms with van der Waals surface area (Å²) in [6, 6.07) is 1.23. The molecule has 0 saturated heterocycles. The summed E-state index contributed by atoms with van der Waals surface area (Å²) in [6.45, 7) is 0. The Labute approximate surface area is 132 Å². The fraction of sp³-hybridized carbons (Fsp3) is 0. The van der Waals surface area contributed by atoms with E-state index in [0.29, 0.717) is 0 Å². The molecule has 0 aliphatic rings. The van der Waals surface area contributed by atoms with Crippen molar-refractivity contribution in [1.29, 1.82) is 0 Å². The molecule has 0 aromatic carbocycles. The largest absolute Gasteiger partial charge is 0.265 e. The first-order chi connectivity index (χ1) is 8.81. The highest BCUT2D eigenvalue weighted by Gasteiger charge is 2.23. The summed E-state index contributed by atoms with van der Waals surface area (Å²) in [5, 5.41) is -0.172. The molecule has 2 aromatic heterocycles. The fourth-order valence-corrected chi connectivity index (χ4v) is 4.62. The number of hydrogen-bond donors (Lipinski definition) is 1. The van der Waals surface area contributed by atoms with Gasteiger partial charge in [0.2, 0.25) is 0 Å². The first kappa shape index (κ1) is 15.1. The van der Waals surface area contributed by atoms with Crippen LogP contribution in [0.1, 0.15) is 0 Å². The summed E-state index contributed by atoms with van der Waals surface area (Å²) >= 11 is 23.9. The van der Waals surface area contributed by atoms with E-state index in [1.165, 1.54) is 6.07 Å². The predicted octanol–water partition coefficient (Wildman–Crippen LogP) is 3.95. The predicted molar refractivity (Wildman–Crippen MR) is 77.2 cm³/mol. The number of sulfonamides is 1. The van der Waals surface area contributed by atoms with E-state index < -0.39 is 10.0 Å². The lowest BCUT2D eigenvalue weighted by Crippen LogP contribution is -2.14. The van der Waals surface area contributed by atoms with Crippen LogP contribution in [0.4, 0.5) is 5.82 Å². The van der Waals surface area contributed by atoms with Crippen LogP contribution in [0.5, 0.6) is 0 Å². The number of thiophene rings is 1. The molecule has 2 aromatic rings. The molecule has 5 nitrogen and oxygen atoms in total. The van der Waals surface area contributed by atoms with Crippen LogP contribution in [-0.2, 0) is 10.0 Å². The molecule has 102 valence electrons. The van der Waals surface area contributed by atoms with Gasteiger partial charge < -0.3 is 0 Å². The highest BCUT2D eigenvalue weighted by Crippen LogP contribution is 2.36. The number of anilines is 1. The van der Waals surface area contributed by atoms with Gasteiger partial charge in [-0.1, -0.05) is 46.4 Å². The molecule has 1 N–H and O–H groups in total. The zero-order valence-corrected chi connectivity index (χ0v) is 13.4. The van der Waals surface area contributed by atoms with Gasteiger partial charge in [0.05, 0.1) is 4.34 Å². The van der Waals surface area contributed by atoms with Gasteiger partial charge in [-0.05, 0) is 6.07 Å². The van der Waals surface area contributed by atoms with Crippen molar-refractivity contribution in [2.24, 2.45) is 0 Å². The molecule has 0 amide bonds. The smallest absolute Gasteiger partial charge is 0.262 e. The van der Waals surface area contributed by atoms with Gasteiger partial charge in [0.1, 0.15) is 20.6 Å². The Morgan fingerprint density at radius 2 is 1.84 bits per heavy atom. The molecule has 2 heterocycles. The van der Waals surface area contributed by atoms with Crippen LogP contribution in [0.15, 0.2) is 17.3 Å². The molecule has 0 radical (unpaired) electrons. The van der Waals surface area contributed by atoms with Crippen molar-refractivity contribution in [2.75, 3.05) is 4.72 Å². The summed E-state index contributed by atoms with van der Waals surface area (Å²) in [5.41, 5.74) is 0. The Hall–Kier alpha value is -0.310. The summed E-state index contributed by atoms with van der Waals surface area (Å²) in [6.07, 6.45) is 1.08. The fourth-order valence-electron chi connectivity index (χ4n) is 1.11. The zero-order valence-electron chi connectivity index (χ0n) is 8.69. The molecule has 0 spiro atoms. The second kappa shape index (κ2) is 5.59. The third-order valence-electron chi connectivity index (χ3n) is 1.89. The number of hydrogen-bond acceptors (Lipinski definition) is 5. The van der Waals surface area contributed by atoms with Crippen molar-refractivity contribution in [3.63, 3.8) is 0 Å². The van der Waals surface area contributed by atoms with Crippen LogP contribution in [0.25, 0.3) is 0 Å². The normalized spacial score (nSPS) is 11.6. The third kappa shape index (κ3) is 3.24. The molecule has 19 heavy (non-hydrogen) atoms. The Balaban J connectivity index is 2.42. The third-order valence-corrected chi connectivity index (χ3v) is 5.73. The van der Waals surface area contributed by atoms with Crippen molar-refractivity contribution >= 4 is 73.6 Å². The number of rotatable bonds is 3. The lowest BCUT2D eigenvalue weighted by atomic mass is 10.6. The Bertz CT molecular complexity index is 732. The van der Waals surface area contributed by atoms with Crippen LogP contribution in [0.2, 0.25) is 18.8 Å². The monoisotopic (exact) mass is 377 g/mol. The summed E-state index contributed by atoms with van der Waals surface area (Å²) in [7, 11) is -3.95. The highest BCUT2D eigenvalue weighted by molar-refractivity contribution is 7.93. The van der Waals surface area contributed by atoms with Crippen molar-refractivity contribution in [3.8, 4) is 0 Å². The van der Waals surface area contributed by atoms with Crippen LogP contribution in [0, 0.1) is 0 Å². The minimum absolute atomic E-state index is 0.0359. The Morgan fingerprint density at radius 1 is 1.16 bits per heavy atom. The molecular weight excluding hydrogens is 376 g/mol. The molecule has 0 unspecified atom stereocenters. The lowest BCUT2D eigenvalue weighted by Gasteiger charge is -2.07. The van der Waals surface area contributed by atoms with Crippen LogP contribution in [0.3, 0.4) is 0 Å². The van der Waals surface area contributed by atoms with Gasteiger partial charge >= 0.3 is 0 Å². The second-order valence-electron chi connectivity index (χ2n) is 3.12.